The summed E-state index contributed by atoms with van der Waals surface area (Å²) in [6.07, 6.45) is 7.02. The number of fused-ring (bicyclic) bond motifs is 1. The largest absolute Gasteiger partial charge is 0.392 e. The Hall–Kier alpha value is -1.95. The van der Waals surface area contributed by atoms with E-state index in [1.165, 1.54) is 6.33 Å². The number of nitrogens with one attached hydrogen (secondary N) is 2. The molecule has 2 heterocycles. The average Bonchev–Trinajstić information content (AvgIpc) is 2.86. The minimum absolute atomic E-state index is 0.110. The van der Waals surface area contributed by atoms with Crippen LogP contribution >= 0.6 is 0 Å². The predicted octanol–water partition coefficient (Wildman–Crippen LogP) is 1.48. The molecule has 0 fully saturated rings. The van der Waals surface area contributed by atoms with Gasteiger partial charge in [-0.3, -0.25) is 0 Å². The lowest BCUT2D eigenvalue weighted by atomic mass is 10.1. The van der Waals surface area contributed by atoms with Crippen molar-refractivity contribution in [1.82, 2.24) is 19.9 Å². The lowest BCUT2D eigenvalue weighted by molar-refractivity contribution is 0.326. The standard InChI is InChI=1S/C12H17N5O/c1-2-3-9(6-18)4-5-13-11-10-12(15-7-14-10)17-8-16-11/h4,7-8,18H,2-3,5-6H2,1H3,(H2,13,14,15,16,17)/b9-4+. The van der Waals surface area contributed by atoms with Crippen molar-refractivity contribution in [2.75, 3.05) is 18.5 Å². The minimum atomic E-state index is 0.110. The van der Waals surface area contributed by atoms with Crippen LogP contribution in [0.2, 0.25) is 0 Å². The van der Waals surface area contributed by atoms with E-state index in [4.69, 9.17) is 5.11 Å². The van der Waals surface area contributed by atoms with E-state index < -0.39 is 0 Å². The van der Waals surface area contributed by atoms with Crippen molar-refractivity contribution < 1.29 is 5.11 Å². The van der Waals surface area contributed by atoms with Gasteiger partial charge in [0.15, 0.2) is 11.5 Å². The number of imidazole rings is 1. The molecule has 96 valence electrons. The van der Waals surface area contributed by atoms with E-state index in [1.807, 2.05) is 6.08 Å². The first kappa shape index (κ1) is 12.5. The maximum absolute atomic E-state index is 9.16. The van der Waals surface area contributed by atoms with Gasteiger partial charge in [-0.25, -0.2) is 15.0 Å². The Bertz CT molecular complexity index is 534. The molecular weight excluding hydrogens is 230 g/mol. The van der Waals surface area contributed by atoms with Crippen LogP contribution in [0.3, 0.4) is 0 Å². The first-order valence-corrected chi connectivity index (χ1v) is 6.02. The molecule has 2 aromatic rings. The van der Waals surface area contributed by atoms with Crippen LogP contribution in [-0.4, -0.2) is 38.2 Å². The Morgan fingerprint density at radius 1 is 1.44 bits per heavy atom. The molecule has 6 nitrogen and oxygen atoms in total. The van der Waals surface area contributed by atoms with E-state index in [0.29, 0.717) is 12.2 Å². The van der Waals surface area contributed by atoms with Gasteiger partial charge in [-0.15, -0.1) is 0 Å². The van der Waals surface area contributed by atoms with Gasteiger partial charge in [-0.1, -0.05) is 19.4 Å². The fourth-order valence-corrected chi connectivity index (χ4v) is 1.76. The first-order chi connectivity index (χ1) is 8.85. The van der Waals surface area contributed by atoms with Gasteiger partial charge in [0, 0.05) is 6.54 Å². The lowest BCUT2D eigenvalue weighted by Gasteiger charge is -2.05. The number of anilines is 1. The summed E-state index contributed by atoms with van der Waals surface area (Å²) in [5.74, 6) is 0.725. The molecule has 0 unspecified atom stereocenters. The average molecular weight is 247 g/mol. The highest BCUT2D eigenvalue weighted by molar-refractivity contribution is 5.81. The zero-order valence-electron chi connectivity index (χ0n) is 10.3. The van der Waals surface area contributed by atoms with E-state index in [9.17, 15) is 0 Å². The smallest absolute Gasteiger partial charge is 0.182 e. The zero-order chi connectivity index (χ0) is 12.8. The van der Waals surface area contributed by atoms with Crippen molar-refractivity contribution in [2.45, 2.75) is 19.8 Å². The lowest BCUT2D eigenvalue weighted by Crippen LogP contribution is -2.04. The Morgan fingerprint density at radius 3 is 3.11 bits per heavy atom. The van der Waals surface area contributed by atoms with Crippen molar-refractivity contribution in [3.63, 3.8) is 0 Å². The number of aromatic amines is 1. The topological polar surface area (TPSA) is 86.7 Å². The van der Waals surface area contributed by atoms with Crippen molar-refractivity contribution in [1.29, 1.82) is 0 Å². The summed E-state index contributed by atoms with van der Waals surface area (Å²) in [6.45, 7) is 2.83. The number of rotatable bonds is 6. The van der Waals surface area contributed by atoms with Crippen LogP contribution in [0.4, 0.5) is 5.82 Å². The second-order valence-corrected chi connectivity index (χ2v) is 3.97. The summed E-state index contributed by atoms with van der Waals surface area (Å²) in [5.41, 5.74) is 2.49. The Kier molecular flexibility index (Phi) is 4.25. The SMILES string of the molecule is CCC/C(=C\CNc1ncnc2nc[nH]c12)CO. The maximum Gasteiger partial charge on any atom is 0.182 e. The number of aliphatic hydroxyl groups excluding tert-OH is 1. The van der Waals surface area contributed by atoms with E-state index in [1.54, 1.807) is 6.33 Å². The molecule has 0 saturated carbocycles. The normalized spacial score (nSPS) is 12.0. The number of aliphatic hydroxyl groups is 1. The van der Waals surface area contributed by atoms with Crippen LogP contribution in [0.25, 0.3) is 11.2 Å². The molecule has 3 N–H and O–H groups in total. The molecule has 0 aromatic carbocycles. The summed E-state index contributed by atoms with van der Waals surface area (Å²) < 4.78 is 0. The zero-order valence-corrected chi connectivity index (χ0v) is 10.3. The summed E-state index contributed by atoms with van der Waals surface area (Å²) in [7, 11) is 0. The van der Waals surface area contributed by atoms with Gasteiger partial charge in [0.2, 0.25) is 0 Å². The summed E-state index contributed by atoms with van der Waals surface area (Å²) in [6, 6.07) is 0. The van der Waals surface area contributed by atoms with E-state index in [0.717, 1.165) is 29.7 Å². The second-order valence-electron chi connectivity index (χ2n) is 3.97. The third kappa shape index (κ3) is 2.84. The number of H-pyrrole nitrogens is 1. The molecule has 18 heavy (non-hydrogen) atoms. The van der Waals surface area contributed by atoms with Crippen LogP contribution < -0.4 is 5.32 Å². The molecule has 0 aliphatic heterocycles. The molecule has 0 radical (unpaired) electrons. The molecule has 0 amide bonds. The molecule has 6 heteroatoms. The van der Waals surface area contributed by atoms with E-state index in [2.05, 4.69) is 32.2 Å². The van der Waals surface area contributed by atoms with Gasteiger partial charge in [-0.05, 0) is 12.0 Å². The highest BCUT2D eigenvalue weighted by atomic mass is 16.3. The van der Waals surface area contributed by atoms with Crippen LogP contribution in [0, 0.1) is 0 Å². The van der Waals surface area contributed by atoms with Crippen molar-refractivity contribution in [3.8, 4) is 0 Å². The van der Waals surface area contributed by atoms with Crippen LogP contribution in [0.15, 0.2) is 24.3 Å². The quantitative estimate of drug-likeness (QED) is 0.673. The van der Waals surface area contributed by atoms with Gasteiger partial charge in [0.05, 0.1) is 12.9 Å². The molecule has 2 aromatic heterocycles. The third-order valence-corrected chi connectivity index (χ3v) is 2.66. The van der Waals surface area contributed by atoms with Gasteiger partial charge >= 0.3 is 0 Å². The second kappa shape index (κ2) is 6.11. The van der Waals surface area contributed by atoms with Crippen LogP contribution in [0.1, 0.15) is 19.8 Å². The number of hydrogen-bond acceptors (Lipinski definition) is 5. The van der Waals surface area contributed by atoms with Gasteiger partial charge in [0.25, 0.3) is 0 Å². The van der Waals surface area contributed by atoms with Crippen molar-refractivity contribution >= 4 is 17.0 Å². The summed E-state index contributed by atoms with van der Waals surface area (Å²) in [5, 5.41) is 12.3. The highest BCUT2D eigenvalue weighted by Crippen LogP contribution is 2.14. The van der Waals surface area contributed by atoms with Crippen molar-refractivity contribution in [2.24, 2.45) is 0 Å². The fourth-order valence-electron chi connectivity index (χ4n) is 1.76. The highest BCUT2D eigenvalue weighted by Gasteiger charge is 2.03. The van der Waals surface area contributed by atoms with Crippen molar-refractivity contribution in [3.05, 3.63) is 24.3 Å². The Balaban J connectivity index is 2.04. The number of hydrogen-bond donors (Lipinski definition) is 3. The van der Waals surface area contributed by atoms with Gasteiger partial charge in [0.1, 0.15) is 11.8 Å². The first-order valence-electron chi connectivity index (χ1n) is 6.02. The maximum atomic E-state index is 9.16. The Labute approximate surface area is 105 Å². The summed E-state index contributed by atoms with van der Waals surface area (Å²) in [4.78, 5) is 15.3. The molecule has 0 bridgehead atoms. The molecule has 0 aliphatic carbocycles. The monoisotopic (exact) mass is 247 g/mol. The predicted molar refractivity (Wildman–Crippen MR) is 70.3 cm³/mol. The molecule has 0 atom stereocenters. The molecule has 0 spiro atoms. The van der Waals surface area contributed by atoms with Gasteiger partial charge in [-0.2, -0.15) is 0 Å². The minimum Gasteiger partial charge on any atom is -0.392 e. The summed E-state index contributed by atoms with van der Waals surface area (Å²) >= 11 is 0. The fraction of sp³-hybridized carbons (Fsp3) is 0.417. The Morgan fingerprint density at radius 2 is 2.33 bits per heavy atom. The number of aromatic nitrogens is 4. The molecule has 2 rings (SSSR count). The van der Waals surface area contributed by atoms with Crippen LogP contribution in [0.5, 0.6) is 0 Å². The molecular formula is C12H17N5O. The van der Waals surface area contributed by atoms with Crippen LogP contribution in [-0.2, 0) is 0 Å². The van der Waals surface area contributed by atoms with Gasteiger partial charge < -0.3 is 15.4 Å². The van der Waals surface area contributed by atoms with E-state index >= 15 is 0 Å². The number of nitrogens with zero attached hydrogens (tertiary/aromatic N) is 3. The third-order valence-electron chi connectivity index (χ3n) is 2.66. The molecule has 0 saturated heterocycles. The molecule has 0 aliphatic rings. The van der Waals surface area contributed by atoms with E-state index in [-0.39, 0.29) is 6.61 Å².